The number of benzene rings is 1. The van der Waals surface area contributed by atoms with Crippen LogP contribution >= 0.6 is 0 Å². The highest BCUT2D eigenvalue weighted by Gasteiger charge is 2.09. The summed E-state index contributed by atoms with van der Waals surface area (Å²) in [5.41, 5.74) is 2.46. The van der Waals surface area contributed by atoms with E-state index in [1.54, 1.807) is 25.4 Å². The number of pyridine rings is 1. The van der Waals surface area contributed by atoms with E-state index in [2.05, 4.69) is 10.3 Å². The maximum atomic E-state index is 12.1. The number of carbonyl (C=O) groups excluding carboxylic acids is 1. The van der Waals surface area contributed by atoms with Crippen molar-refractivity contribution in [3.05, 3.63) is 70.3 Å². The lowest BCUT2D eigenvalue weighted by Crippen LogP contribution is -2.29. The van der Waals surface area contributed by atoms with Gasteiger partial charge in [-0.3, -0.25) is 9.59 Å². The number of nitrogens with one attached hydrogen (secondary N) is 2. The second-order valence-electron chi connectivity index (χ2n) is 5.26. The smallest absolute Gasteiger partial charge is 0.255 e. The lowest BCUT2D eigenvalue weighted by atomic mass is 10.1. The summed E-state index contributed by atoms with van der Waals surface area (Å²) >= 11 is 0. The lowest BCUT2D eigenvalue weighted by molar-refractivity contribution is -0.120. The van der Waals surface area contributed by atoms with Gasteiger partial charge in [0.05, 0.1) is 6.42 Å². The van der Waals surface area contributed by atoms with Gasteiger partial charge in [0.25, 0.3) is 5.56 Å². The maximum absolute atomic E-state index is 12.1. The van der Waals surface area contributed by atoms with Gasteiger partial charge in [0.1, 0.15) is 0 Å². The molecule has 0 spiro atoms. The monoisotopic (exact) mass is 295 g/mol. The van der Waals surface area contributed by atoms with Crippen molar-refractivity contribution in [2.24, 2.45) is 7.05 Å². The molecule has 22 heavy (non-hydrogen) atoms. The Morgan fingerprint density at radius 3 is 2.86 bits per heavy atom. The van der Waals surface area contributed by atoms with Crippen molar-refractivity contribution < 1.29 is 4.79 Å². The molecule has 0 saturated carbocycles. The van der Waals surface area contributed by atoms with Gasteiger partial charge >= 0.3 is 0 Å². The Hall–Kier alpha value is -2.82. The standard InChI is InChI=1S/C17H17N3O2/c1-20-8-4-5-12(17(20)22)10-19-16(21)9-13-11-18-15-7-3-2-6-14(13)15/h2-8,11,18H,9-10H2,1H3,(H,19,21). The molecule has 0 fully saturated rings. The number of rotatable bonds is 4. The fraction of sp³-hybridized carbons (Fsp3) is 0.176. The average Bonchev–Trinajstić information content (AvgIpc) is 2.92. The van der Waals surface area contributed by atoms with Crippen LogP contribution in [0.3, 0.4) is 0 Å². The molecule has 1 aromatic carbocycles. The first-order chi connectivity index (χ1) is 10.6. The molecule has 0 saturated heterocycles. The van der Waals surface area contributed by atoms with Crippen molar-refractivity contribution in [3.63, 3.8) is 0 Å². The summed E-state index contributed by atoms with van der Waals surface area (Å²) in [7, 11) is 1.69. The number of hydrogen-bond donors (Lipinski definition) is 2. The SMILES string of the molecule is Cn1cccc(CNC(=O)Cc2c[nH]c3ccccc23)c1=O. The molecule has 5 nitrogen and oxygen atoms in total. The Morgan fingerprint density at radius 2 is 2.00 bits per heavy atom. The molecule has 5 heteroatoms. The van der Waals surface area contributed by atoms with E-state index >= 15 is 0 Å². The van der Waals surface area contributed by atoms with Crippen LogP contribution in [0.2, 0.25) is 0 Å². The molecule has 1 amide bonds. The molecular formula is C17H17N3O2. The average molecular weight is 295 g/mol. The van der Waals surface area contributed by atoms with Gasteiger partial charge in [-0.2, -0.15) is 0 Å². The van der Waals surface area contributed by atoms with Crippen LogP contribution in [0.25, 0.3) is 10.9 Å². The molecule has 0 aliphatic rings. The zero-order chi connectivity index (χ0) is 15.5. The maximum Gasteiger partial charge on any atom is 0.255 e. The van der Waals surface area contributed by atoms with Crippen LogP contribution in [0.5, 0.6) is 0 Å². The van der Waals surface area contributed by atoms with Crippen molar-refractivity contribution >= 4 is 16.8 Å². The van der Waals surface area contributed by atoms with E-state index in [1.165, 1.54) is 4.57 Å². The topological polar surface area (TPSA) is 66.9 Å². The number of aryl methyl sites for hydroxylation is 1. The molecule has 3 rings (SSSR count). The van der Waals surface area contributed by atoms with E-state index in [-0.39, 0.29) is 24.4 Å². The number of nitrogens with zero attached hydrogens (tertiary/aromatic N) is 1. The van der Waals surface area contributed by atoms with Crippen molar-refractivity contribution in [1.29, 1.82) is 0 Å². The minimum absolute atomic E-state index is 0.0881. The van der Waals surface area contributed by atoms with Crippen molar-refractivity contribution in [2.45, 2.75) is 13.0 Å². The first-order valence-corrected chi connectivity index (χ1v) is 7.11. The summed E-state index contributed by atoms with van der Waals surface area (Å²) in [6.45, 7) is 0.245. The Morgan fingerprint density at radius 1 is 1.18 bits per heavy atom. The Bertz CT molecular complexity index is 877. The summed E-state index contributed by atoms with van der Waals surface area (Å²) in [5.74, 6) is -0.101. The third-order valence-corrected chi connectivity index (χ3v) is 3.70. The van der Waals surface area contributed by atoms with Gasteiger partial charge in [0.2, 0.25) is 5.91 Å². The molecule has 0 radical (unpaired) electrons. The van der Waals surface area contributed by atoms with Gasteiger partial charge in [-0.25, -0.2) is 0 Å². The van der Waals surface area contributed by atoms with E-state index in [4.69, 9.17) is 0 Å². The molecule has 0 bridgehead atoms. The Balaban J connectivity index is 1.68. The molecule has 112 valence electrons. The predicted octanol–water partition coefficient (Wildman–Crippen LogP) is 1.73. The van der Waals surface area contributed by atoms with E-state index in [9.17, 15) is 9.59 Å². The first kappa shape index (κ1) is 14.1. The van der Waals surface area contributed by atoms with Gasteiger partial charge in [-0.1, -0.05) is 24.3 Å². The number of para-hydroxylation sites is 1. The molecule has 0 atom stereocenters. The van der Waals surface area contributed by atoms with E-state index < -0.39 is 0 Å². The van der Waals surface area contributed by atoms with Gasteiger partial charge in [0.15, 0.2) is 0 Å². The molecule has 2 aromatic heterocycles. The summed E-state index contributed by atoms with van der Waals surface area (Å²) in [6, 6.07) is 11.4. The predicted molar refractivity (Wildman–Crippen MR) is 85.5 cm³/mol. The molecule has 3 aromatic rings. The largest absolute Gasteiger partial charge is 0.361 e. The lowest BCUT2D eigenvalue weighted by Gasteiger charge is -2.06. The van der Waals surface area contributed by atoms with Crippen LogP contribution in [-0.4, -0.2) is 15.5 Å². The summed E-state index contributed by atoms with van der Waals surface area (Å²) in [4.78, 5) is 27.1. The van der Waals surface area contributed by atoms with Gasteiger partial charge in [0, 0.05) is 42.5 Å². The van der Waals surface area contributed by atoms with Crippen LogP contribution in [0.15, 0.2) is 53.6 Å². The number of aromatic amines is 1. The highest BCUT2D eigenvalue weighted by Crippen LogP contribution is 2.17. The fourth-order valence-electron chi connectivity index (χ4n) is 2.50. The normalized spacial score (nSPS) is 10.8. The summed E-state index contributed by atoms with van der Waals surface area (Å²) in [5, 5.41) is 3.85. The Kier molecular flexibility index (Phi) is 3.78. The quantitative estimate of drug-likeness (QED) is 0.769. The molecule has 0 aliphatic carbocycles. The number of carbonyl (C=O) groups is 1. The number of fused-ring (bicyclic) bond motifs is 1. The number of aromatic nitrogens is 2. The molecular weight excluding hydrogens is 278 g/mol. The third kappa shape index (κ3) is 2.79. The zero-order valence-electron chi connectivity index (χ0n) is 12.3. The molecule has 2 heterocycles. The van der Waals surface area contributed by atoms with Crippen LogP contribution in [0.4, 0.5) is 0 Å². The minimum Gasteiger partial charge on any atom is -0.361 e. The first-order valence-electron chi connectivity index (χ1n) is 7.11. The minimum atomic E-state index is -0.101. The van der Waals surface area contributed by atoms with Crippen molar-refractivity contribution in [2.75, 3.05) is 0 Å². The highest BCUT2D eigenvalue weighted by molar-refractivity contribution is 5.88. The number of hydrogen-bond acceptors (Lipinski definition) is 2. The van der Waals surface area contributed by atoms with E-state index in [1.807, 2.05) is 30.5 Å². The van der Waals surface area contributed by atoms with Crippen LogP contribution in [-0.2, 0) is 24.8 Å². The summed E-state index contributed by atoms with van der Waals surface area (Å²) in [6.07, 6.45) is 3.84. The van der Waals surface area contributed by atoms with Crippen LogP contribution < -0.4 is 10.9 Å². The van der Waals surface area contributed by atoms with Crippen molar-refractivity contribution in [1.82, 2.24) is 14.9 Å². The van der Waals surface area contributed by atoms with Gasteiger partial charge < -0.3 is 14.9 Å². The molecule has 0 aliphatic heterocycles. The van der Waals surface area contributed by atoms with Gasteiger partial charge in [-0.05, 0) is 17.7 Å². The molecule has 0 unspecified atom stereocenters. The number of amides is 1. The van der Waals surface area contributed by atoms with E-state index in [0.717, 1.165) is 16.5 Å². The molecule has 2 N–H and O–H groups in total. The second kappa shape index (κ2) is 5.89. The van der Waals surface area contributed by atoms with Crippen LogP contribution in [0.1, 0.15) is 11.1 Å². The fourth-order valence-corrected chi connectivity index (χ4v) is 2.50. The highest BCUT2D eigenvalue weighted by atomic mass is 16.1. The Labute approximate surface area is 127 Å². The third-order valence-electron chi connectivity index (χ3n) is 3.70. The van der Waals surface area contributed by atoms with E-state index in [0.29, 0.717) is 5.56 Å². The zero-order valence-corrected chi connectivity index (χ0v) is 12.3. The second-order valence-corrected chi connectivity index (χ2v) is 5.26. The van der Waals surface area contributed by atoms with Crippen LogP contribution in [0, 0.1) is 0 Å². The van der Waals surface area contributed by atoms with Crippen molar-refractivity contribution in [3.8, 4) is 0 Å². The summed E-state index contributed by atoms with van der Waals surface area (Å²) < 4.78 is 1.50. The number of H-pyrrole nitrogens is 1. The van der Waals surface area contributed by atoms with Gasteiger partial charge in [-0.15, -0.1) is 0 Å².